The zero-order valence-electron chi connectivity index (χ0n) is 15.0. The van der Waals surface area contributed by atoms with Crippen molar-refractivity contribution < 1.29 is 14.3 Å². The molecule has 2 amide bonds. The van der Waals surface area contributed by atoms with Crippen LogP contribution in [-0.2, 0) is 4.79 Å². The van der Waals surface area contributed by atoms with Crippen molar-refractivity contribution in [3.05, 3.63) is 71.3 Å². The number of amides is 2. The van der Waals surface area contributed by atoms with Gasteiger partial charge >= 0.3 is 0 Å². The van der Waals surface area contributed by atoms with Gasteiger partial charge in [0.1, 0.15) is 18.9 Å². The van der Waals surface area contributed by atoms with Gasteiger partial charge in [-0.3, -0.25) is 14.5 Å². The van der Waals surface area contributed by atoms with Crippen molar-refractivity contribution in [3.8, 4) is 5.75 Å². The molecule has 0 aliphatic carbocycles. The number of ether oxygens (including phenoxy) is 1. The molecule has 0 radical (unpaired) electrons. The highest BCUT2D eigenvalue weighted by atomic mass is 16.5. The molecule has 0 bridgehead atoms. The minimum Gasteiger partial charge on any atom is -0.491 e. The molecule has 5 heteroatoms. The third-order valence-corrected chi connectivity index (χ3v) is 4.42. The molecule has 0 fully saturated rings. The van der Waals surface area contributed by atoms with E-state index in [0.717, 1.165) is 22.4 Å². The molecule has 0 saturated heterocycles. The summed E-state index contributed by atoms with van der Waals surface area (Å²) < 4.78 is 5.77. The first-order valence-electron chi connectivity index (χ1n) is 8.55. The van der Waals surface area contributed by atoms with Crippen LogP contribution in [0.5, 0.6) is 5.75 Å². The largest absolute Gasteiger partial charge is 0.491 e. The molecular weight excluding hydrogens is 328 g/mol. The maximum absolute atomic E-state index is 12.4. The third kappa shape index (κ3) is 3.47. The molecule has 0 aromatic heterocycles. The van der Waals surface area contributed by atoms with Crippen LogP contribution < -0.4 is 10.1 Å². The Bertz CT molecular complexity index is 818. The highest BCUT2D eigenvalue weighted by Crippen LogP contribution is 2.30. The third-order valence-electron chi connectivity index (χ3n) is 4.42. The van der Waals surface area contributed by atoms with E-state index in [-0.39, 0.29) is 18.4 Å². The number of fused-ring (bicyclic) bond motifs is 1. The van der Waals surface area contributed by atoms with E-state index in [4.69, 9.17) is 4.74 Å². The second kappa shape index (κ2) is 7.44. The second-order valence-corrected chi connectivity index (χ2v) is 6.30. The Morgan fingerprint density at radius 1 is 1.08 bits per heavy atom. The van der Waals surface area contributed by atoms with Crippen LogP contribution in [0.2, 0.25) is 0 Å². The van der Waals surface area contributed by atoms with Crippen molar-refractivity contribution >= 4 is 17.5 Å². The molecule has 2 aromatic carbocycles. The van der Waals surface area contributed by atoms with Gasteiger partial charge in [-0.25, -0.2) is 0 Å². The number of para-hydroxylation sites is 1. The van der Waals surface area contributed by atoms with E-state index >= 15 is 0 Å². The Balaban J connectivity index is 1.50. The minimum atomic E-state index is -0.239. The van der Waals surface area contributed by atoms with Gasteiger partial charge in [0.2, 0.25) is 5.91 Å². The van der Waals surface area contributed by atoms with E-state index in [1.54, 1.807) is 12.1 Å². The van der Waals surface area contributed by atoms with E-state index in [2.05, 4.69) is 11.9 Å². The molecular formula is C21H22N2O3. The van der Waals surface area contributed by atoms with Gasteiger partial charge < -0.3 is 10.1 Å². The summed E-state index contributed by atoms with van der Waals surface area (Å²) in [5.74, 6) is 0.422. The predicted molar refractivity (Wildman–Crippen MR) is 101 cm³/mol. The molecule has 1 aliphatic rings. The first-order valence-corrected chi connectivity index (χ1v) is 8.55. The van der Waals surface area contributed by atoms with Crippen LogP contribution in [0.1, 0.15) is 27.0 Å². The summed E-state index contributed by atoms with van der Waals surface area (Å²) in [4.78, 5) is 26.0. The van der Waals surface area contributed by atoms with Crippen LogP contribution in [0, 0.1) is 13.8 Å². The molecule has 5 nitrogen and oxygen atoms in total. The lowest BCUT2D eigenvalue weighted by molar-refractivity contribution is -0.121. The monoisotopic (exact) mass is 350 g/mol. The molecule has 1 heterocycles. The summed E-state index contributed by atoms with van der Waals surface area (Å²) in [7, 11) is 0. The lowest BCUT2D eigenvalue weighted by atomic mass is 10.1. The van der Waals surface area contributed by atoms with E-state index < -0.39 is 0 Å². The van der Waals surface area contributed by atoms with Crippen LogP contribution in [0.25, 0.3) is 5.70 Å². The lowest BCUT2D eigenvalue weighted by Crippen LogP contribution is -2.38. The van der Waals surface area contributed by atoms with Crippen molar-refractivity contribution in [1.29, 1.82) is 0 Å². The Morgan fingerprint density at radius 3 is 2.38 bits per heavy atom. The molecule has 26 heavy (non-hydrogen) atoms. The second-order valence-electron chi connectivity index (χ2n) is 6.30. The van der Waals surface area contributed by atoms with Crippen molar-refractivity contribution in [1.82, 2.24) is 10.2 Å². The van der Waals surface area contributed by atoms with Crippen LogP contribution >= 0.6 is 0 Å². The predicted octanol–water partition coefficient (Wildman–Crippen LogP) is 2.93. The van der Waals surface area contributed by atoms with Crippen molar-refractivity contribution in [3.63, 3.8) is 0 Å². The summed E-state index contributed by atoms with van der Waals surface area (Å²) in [6.07, 6.45) is 0. The Hall–Kier alpha value is -3.08. The average molecular weight is 350 g/mol. The highest BCUT2D eigenvalue weighted by molar-refractivity contribution is 6.10. The molecule has 0 saturated carbocycles. The van der Waals surface area contributed by atoms with E-state index in [1.165, 1.54) is 4.90 Å². The average Bonchev–Trinajstić information content (AvgIpc) is 2.86. The quantitative estimate of drug-likeness (QED) is 0.815. The number of nitrogens with one attached hydrogen (secondary N) is 1. The fourth-order valence-electron chi connectivity index (χ4n) is 3.07. The molecule has 134 valence electrons. The van der Waals surface area contributed by atoms with Gasteiger partial charge in [0, 0.05) is 16.8 Å². The molecule has 1 N–H and O–H groups in total. The van der Waals surface area contributed by atoms with Gasteiger partial charge in [-0.05, 0) is 31.0 Å². The number of hydrogen-bond acceptors (Lipinski definition) is 3. The first-order chi connectivity index (χ1) is 12.5. The Kier molecular flexibility index (Phi) is 5.07. The molecule has 0 atom stereocenters. The standard InChI is InChI=1S/C21H22N2O3/c1-14-7-6-8-15(2)20(14)26-12-11-22-19(24)13-23-16(3)17-9-4-5-10-18(17)21(23)25/h4-10H,3,11-13H2,1-2H3,(H,22,24). The van der Waals surface area contributed by atoms with Gasteiger partial charge in [-0.1, -0.05) is 43.0 Å². The fraction of sp³-hybridized carbons (Fsp3) is 0.238. The summed E-state index contributed by atoms with van der Waals surface area (Å²) in [6.45, 7) is 8.61. The van der Waals surface area contributed by atoms with Crippen LogP contribution in [-0.4, -0.2) is 36.4 Å². The zero-order valence-corrected chi connectivity index (χ0v) is 15.0. The van der Waals surface area contributed by atoms with E-state index in [1.807, 2.05) is 44.2 Å². The zero-order chi connectivity index (χ0) is 18.7. The first kappa shape index (κ1) is 17.7. The van der Waals surface area contributed by atoms with Gasteiger partial charge in [0.25, 0.3) is 5.91 Å². The maximum atomic E-state index is 12.4. The fourth-order valence-corrected chi connectivity index (χ4v) is 3.07. The summed E-state index contributed by atoms with van der Waals surface area (Å²) in [5.41, 5.74) is 4.06. The molecule has 0 spiro atoms. The van der Waals surface area contributed by atoms with Crippen molar-refractivity contribution in [2.75, 3.05) is 19.7 Å². The maximum Gasteiger partial charge on any atom is 0.259 e. The number of carbonyl (C=O) groups excluding carboxylic acids is 2. The highest BCUT2D eigenvalue weighted by Gasteiger charge is 2.31. The summed E-state index contributed by atoms with van der Waals surface area (Å²) >= 11 is 0. The lowest BCUT2D eigenvalue weighted by Gasteiger charge is -2.17. The van der Waals surface area contributed by atoms with Gasteiger partial charge in [-0.15, -0.1) is 0 Å². The SMILES string of the molecule is C=C1c2ccccc2C(=O)N1CC(=O)NCCOc1c(C)cccc1C. The number of rotatable bonds is 6. The number of carbonyl (C=O) groups is 2. The summed E-state index contributed by atoms with van der Waals surface area (Å²) in [6, 6.07) is 13.2. The van der Waals surface area contributed by atoms with Crippen LogP contribution in [0.4, 0.5) is 0 Å². The van der Waals surface area contributed by atoms with Gasteiger partial charge in [0.15, 0.2) is 0 Å². The Labute approximate surface area is 153 Å². The van der Waals surface area contributed by atoms with E-state index in [9.17, 15) is 9.59 Å². The van der Waals surface area contributed by atoms with Gasteiger partial charge in [0.05, 0.1) is 6.54 Å². The number of benzene rings is 2. The van der Waals surface area contributed by atoms with Gasteiger partial charge in [-0.2, -0.15) is 0 Å². The molecule has 0 unspecified atom stereocenters. The normalized spacial score (nSPS) is 12.9. The number of nitrogens with zero attached hydrogens (tertiary/aromatic N) is 1. The summed E-state index contributed by atoms with van der Waals surface area (Å²) in [5, 5.41) is 2.79. The molecule has 2 aromatic rings. The van der Waals surface area contributed by atoms with Crippen LogP contribution in [0.3, 0.4) is 0 Å². The molecule has 1 aliphatic heterocycles. The number of aryl methyl sites for hydroxylation is 2. The van der Waals surface area contributed by atoms with Crippen molar-refractivity contribution in [2.24, 2.45) is 0 Å². The molecule has 3 rings (SSSR count). The topological polar surface area (TPSA) is 58.6 Å². The number of hydrogen-bond donors (Lipinski definition) is 1. The smallest absolute Gasteiger partial charge is 0.259 e. The van der Waals surface area contributed by atoms with E-state index in [0.29, 0.717) is 24.4 Å². The van der Waals surface area contributed by atoms with Crippen LogP contribution in [0.15, 0.2) is 49.0 Å². The minimum absolute atomic E-state index is 0.0459. The van der Waals surface area contributed by atoms with Crippen molar-refractivity contribution in [2.45, 2.75) is 13.8 Å². The Morgan fingerprint density at radius 2 is 1.73 bits per heavy atom.